The first-order chi connectivity index (χ1) is 9.75. The number of aromatic nitrogens is 4. The minimum Gasteiger partial charge on any atom is -0.336 e. The molecule has 0 atom stereocenters. The van der Waals surface area contributed by atoms with E-state index in [4.69, 9.17) is 11.6 Å². The van der Waals surface area contributed by atoms with Crippen molar-refractivity contribution in [3.05, 3.63) is 35.1 Å². The standard InChI is InChI=1S/C12H13ClN6O.ClH/c13-9-1-2-11(19-8-15-16-17-19)10(7-9)12(20)18-5-3-14-4-6-18;/h1-2,7-8,14H,3-6H2;1H. The molecule has 1 fully saturated rings. The van der Waals surface area contributed by atoms with Crippen LogP contribution in [0.4, 0.5) is 0 Å². The molecular weight excluding hydrogens is 315 g/mol. The Morgan fingerprint density at radius 2 is 2.05 bits per heavy atom. The molecule has 0 aliphatic carbocycles. The van der Waals surface area contributed by atoms with E-state index in [0.29, 0.717) is 29.4 Å². The van der Waals surface area contributed by atoms with Crippen molar-refractivity contribution in [1.29, 1.82) is 0 Å². The summed E-state index contributed by atoms with van der Waals surface area (Å²) in [6, 6.07) is 5.12. The van der Waals surface area contributed by atoms with E-state index in [0.717, 1.165) is 13.1 Å². The number of amides is 1. The van der Waals surface area contributed by atoms with Crippen LogP contribution in [0.25, 0.3) is 5.69 Å². The summed E-state index contributed by atoms with van der Waals surface area (Å²) in [6.45, 7) is 2.96. The summed E-state index contributed by atoms with van der Waals surface area (Å²) in [5.41, 5.74) is 1.13. The second-order valence-corrected chi connectivity index (χ2v) is 4.89. The lowest BCUT2D eigenvalue weighted by molar-refractivity contribution is 0.0735. The van der Waals surface area contributed by atoms with Gasteiger partial charge in [-0.15, -0.1) is 17.5 Å². The maximum atomic E-state index is 12.6. The highest BCUT2D eigenvalue weighted by atomic mass is 35.5. The second-order valence-electron chi connectivity index (χ2n) is 4.46. The van der Waals surface area contributed by atoms with Gasteiger partial charge in [0, 0.05) is 31.2 Å². The minimum absolute atomic E-state index is 0. The second kappa shape index (κ2) is 6.84. The summed E-state index contributed by atoms with van der Waals surface area (Å²) in [7, 11) is 0. The van der Waals surface area contributed by atoms with Gasteiger partial charge in [-0.2, -0.15) is 4.68 Å². The van der Waals surface area contributed by atoms with Crippen LogP contribution in [0.1, 0.15) is 10.4 Å². The lowest BCUT2D eigenvalue weighted by Crippen LogP contribution is -2.46. The first kappa shape index (κ1) is 15.7. The third kappa shape index (κ3) is 3.31. The molecule has 1 aromatic carbocycles. The first-order valence-corrected chi connectivity index (χ1v) is 6.66. The topological polar surface area (TPSA) is 75.9 Å². The molecule has 1 saturated heterocycles. The van der Waals surface area contributed by atoms with Crippen molar-refractivity contribution in [1.82, 2.24) is 30.4 Å². The molecule has 9 heteroatoms. The van der Waals surface area contributed by atoms with E-state index in [1.807, 2.05) is 0 Å². The van der Waals surface area contributed by atoms with Gasteiger partial charge >= 0.3 is 0 Å². The number of carbonyl (C=O) groups excluding carboxylic acids is 1. The molecule has 112 valence electrons. The van der Waals surface area contributed by atoms with Crippen LogP contribution < -0.4 is 5.32 Å². The zero-order valence-electron chi connectivity index (χ0n) is 11.1. The van der Waals surface area contributed by atoms with Crippen molar-refractivity contribution in [2.45, 2.75) is 0 Å². The van der Waals surface area contributed by atoms with Crippen molar-refractivity contribution in [3.8, 4) is 5.69 Å². The first-order valence-electron chi connectivity index (χ1n) is 6.28. The summed E-state index contributed by atoms with van der Waals surface area (Å²) >= 11 is 6.02. The number of halogens is 2. The third-order valence-corrected chi connectivity index (χ3v) is 3.42. The van der Waals surface area contributed by atoms with Gasteiger partial charge in [-0.25, -0.2) is 0 Å². The summed E-state index contributed by atoms with van der Waals surface area (Å²) in [4.78, 5) is 14.4. The molecule has 3 rings (SSSR count). The molecule has 1 amide bonds. The Balaban J connectivity index is 0.00000161. The van der Waals surface area contributed by atoms with Gasteiger partial charge in [-0.1, -0.05) is 11.6 Å². The number of hydrogen-bond acceptors (Lipinski definition) is 5. The highest BCUT2D eigenvalue weighted by molar-refractivity contribution is 6.31. The largest absolute Gasteiger partial charge is 0.336 e. The summed E-state index contributed by atoms with van der Waals surface area (Å²) in [5, 5.41) is 14.8. The van der Waals surface area contributed by atoms with Crippen LogP contribution in [0.3, 0.4) is 0 Å². The number of piperazine rings is 1. The van der Waals surface area contributed by atoms with Crippen LogP contribution in [0.15, 0.2) is 24.5 Å². The molecule has 0 spiro atoms. The van der Waals surface area contributed by atoms with Crippen LogP contribution in [-0.4, -0.2) is 57.2 Å². The number of rotatable bonds is 2. The Hall–Kier alpha value is -1.70. The van der Waals surface area contributed by atoms with Crippen molar-refractivity contribution in [3.63, 3.8) is 0 Å². The van der Waals surface area contributed by atoms with Gasteiger partial charge in [0.05, 0.1) is 11.3 Å². The van der Waals surface area contributed by atoms with E-state index in [9.17, 15) is 4.79 Å². The number of hydrogen-bond donors (Lipinski definition) is 1. The van der Waals surface area contributed by atoms with Gasteiger partial charge in [-0.05, 0) is 28.6 Å². The molecule has 0 unspecified atom stereocenters. The molecule has 0 bridgehead atoms. The van der Waals surface area contributed by atoms with Crippen LogP contribution >= 0.6 is 24.0 Å². The predicted octanol–water partition coefficient (Wildman–Crippen LogP) is 0.783. The Morgan fingerprint density at radius 3 is 2.71 bits per heavy atom. The molecule has 7 nitrogen and oxygen atoms in total. The Morgan fingerprint density at radius 1 is 1.29 bits per heavy atom. The molecule has 21 heavy (non-hydrogen) atoms. The zero-order valence-corrected chi connectivity index (χ0v) is 12.6. The summed E-state index contributed by atoms with van der Waals surface area (Å²) in [6.07, 6.45) is 1.46. The molecule has 0 saturated carbocycles. The Kier molecular flexibility index (Phi) is 5.11. The monoisotopic (exact) mass is 328 g/mol. The quantitative estimate of drug-likeness (QED) is 0.881. The van der Waals surface area contributed by atoms with Crippen molar-refractivity contribution >= 4 is 29.9 Å². The van der Waals surface area contributed by atoms with Crippen LogP contribution in [0, 0.1) is 0 Å². The van der Waals surface area contributed by atoms with E-state index >= 15 is 0 Å². The molecule has 1 N–H and O–H groups in total. The lowest BCUT2D eigenvalue weighted by Gasteiger charge is -2.28. The van der Waals surface area contributed by atoms with Crippen molar-refractivity contribution in [2.75, 3.05) is 26.2 Å². The third-order valence-electron chi connectivity index (χ3n) is 3.19. The fourth-order valence-corrected chi connectivity index (χ4v) is 2.36. The number of tetrazole rings is 1. The van der Waals surface area contributed by atoms with Crippen LogP contribution in [0.2, 0.25) is 5.02 Å². The highest BCUT2D eigenvalue weighted by Crippen LogP contribution is 2.20. The van der Waals surface area contributed by atoms with Gasteiger partial charge < -0.3 is 10.2 Å². The number of nitrogens with zero attached hydrogens (tertiary/aromatic N) is 5. The molecule has 2 aromatic rings. The maximum Gasteiger partial charge on any atom is 0.256 e. The summed E-state index contributed by atoms with van der Waals surface area (Å²) < 4.78 is 1.46. The number of benzene rings is 1. The molecule has 0 radical (unpaired) electrons. The summed E-state index contributed by atoms with van der Waals surface area (Å²) in [5.74, 6) is -0.0560. The molecule has 2 heterocycles. The Labute approximate surface area is 132 Å². The molecule has 1 aliphatic rings. The normalized spacial score (nSPS) is 14.6. The van der Waals surface area contributed by atoms with Gasteiger partial charge in [0.1, 0.15) is 6.33 Å². The number of nitrogens with one attached hydrogen (secondary N) is 1. The smallest absolute Gasteiger partial charge is 0.256 e. The van der Waals surface area contributed by atoms with Gasteiger partial charge in [0.25, 0.3) is 5.91 Å². The molecule has 1 aromatic heterocycles. The average Bonchev–Trinajstić information content (AvgIpc) is 3.01. The van der Waals surface area contributed by atoms with Crippen molar-refractivity contribution < 1.29 is 4.79 Å². The maximum absolute atomic E-state index is 12.6. The van der Waals surface area contributed by atoms with E-state index < -0.39 is 0 Å². The van der Waals surface area contributed by atoms with E-state index in [-0.39, 0.29) is 18.3 Å². The predicted molar refractivity (Wildman–Crippen MR) is 80.2 cm³/mol. The Bertz CT molecular complexity index is 612. The van der Waals surface area contributed by atoms with E-state index in [1.54, 1.807) is 23.1 Å². The van der Waals surface area contributed by atoms with Gasteiger partial charge in [0.2, 0.25) is 0 Å². The lowest BCUT2D eigenvalue weighted by atomic mass is 10.1. The average molecular weight is 329 g/mol. The van der Waals surface area contributed by atoms with E-state index in [1.165, 1.54) is 11.0 Å². The van der Waals surface area contributed by atoms with Gasteiger partial charge in [0.15, 0.2) is 0 Å². The highest BCUT2D eigenvalue weighted by Gasteiger charge is 2.22. The minimum atomic E-state index is -0.0560. The van der Waals surface area contributed by atoms with Crippen LogP contribution in [-0.2, 0) is 0 Å². The fraction of sp³-hybridized carbons (Fsp3) is 0.333. The van der Waals surface area contributed by atoms with Gasteiger partial charge in [-0.3, -0.25) is 4.79 Å². The zero-order chi connectivity index (χ0) is 13.9. The molecular formula is C12H14Cl2N6O. The molecule has 1 aliphatic heterocycles. The number of carbonyl (C=O) groups is 1. The SMILES string of the molecule is Cl.O=C(c1cc(Cl)ccc1-n1cnnn1)N1CCNCC1. The fourth-order valence-electron chi connectivity index (χ4n) is 2.19. The van der Waals surface area contributed by atoms with Crippen molar-refractivity contribution in [2.24, 2.45) is 0 Å². The van der Waals surface area contributed by atoms with E-state index in [2.05, 4.69) is 20.8 Å². The van der Waals surface area contributed by atoms with Crippen LogP contribution in [0.5, 0.6) is 0 Å².